The van der Waals surface area contributed by atoms with E-state index in [2.05, 4.69) is 21.2 Å². The summed E-state index contributed by atoms with van der Waals surface area (Å²) in [6.45, 7) is 0. The molecule has 20 heavy (non-hydrogen) atoms. The molecule has 0 amide bonds. The molecule has 0 radical (unpaired) electrons. The van der Waals surface area contributed by atoms with Gasteiger partial charge < -0.3 is 11.1 Å². The Morgan fingerprint density at radius 3 is 2.25 bits per heavy atom. The smallest absolute Gasteiger partial charge is 0.240 e. The van der Waals surface area contributed by atoms with Crippen LogP contribution in [0.25, 0.3) is 0 Å². The summed E-state index contributed by atoms with van der Waals surface area (Å²) in [5.74, 6) is 0. The van der Waals surface area contributed by atoms with Crippen LogP contribution in [-0.2, 0) is 10.0 Å². The minimum Gasteiger partial charge on any atom is -0.398 e. The SMILES string of the molecule is Nc1cc(Nc2ccc(Cl)c(Br)c2)ccc1S(N)(=O)=O. The van der Waals surface area contributed by atoms with E-state index in [9.17, 15) is 8.42 Å². The highest BCUT2D eigenvalue weighted by atomic mass is 79.9. The number of rotatable bonds is 3. The van der Waals surface area contributed by atoms with E-state index in [0.29, 0.717) is 10.7 Å². The zero-order valence-electron chi connectivity index (χ0n) is 10.1. The Hall–Kier alpha value is -1.28. The normalized spacial score (nSPS) is 11.3. The second-order valence-corrected chi connectivity index (χ2v) is 6.84. The van der Waals surface area contributed by atoms with Gasteiger partial charge in [0, 0.05) is 15.8 Å². The lowest BCUT2D eigenvalue weighted by Crippen LogP contribution is -2.14. The molecule has 0 aromatic heterocycles. The van der Waals surface area contributed by atoms with Crippen LogP contribution >= 0.6 is 27.5 Å². The van der Waals surface area contributed by atoms with Crippen molar-refractivity contribution in [2.24, 2.45) is 5.14 Å². The molecule has 0 saturated carbocycles. The minimum absolute atomic E-state index is 0.0885. The number of anilines is 3. The summed E-state index contributed by atoms with van der Waals surface area (Å²) in [7, 11) is -3.81. The number of nitrogens with one attached hydrogen (secondary N) is 1. The van der Waals surface area contributed by atoms with Gasteiger partial charge in [-0.05, 0) is 52.3 Å². The molecule has 0 aliphatic carbocycles. The summed E-state index contributed by atoms with van der Waals surface area (Å²) in [5.41, 5.74) is 7.20. The number of halogens is 2. The molecule has 5 nitrogen and oxygen atoms in total. The van der Waals surface area contributed by atoms with Crippen molar-refractivity contribution in [3.63, 3.8) is 0 Å². The van der Waals surface area contributed by atoms with Gasteiger partial charge in [0.05, 0.1) is 10.7 Å². The third-order valence-electron chi connectivity index (χ3n) is 2.52. The van der Waals surface area contributed by atoms with Crippen LogP contribution in [0.15, 0.2) is 45.8 Å². The molecule has 0 atom stereocenters. The zero-order chi connectivity index (χ0) is 14.9. The molecule has 2 aromatic rings. The molecule has 0 spiro atoms. The highest BCUT2D eigenvalue weighted by Crippen LogP contribution is 2.29. The Morgan fingerprint density at radius 1 is 1.10 bits per heavy atom. The molecule has 0 fully saturated rings. The van der Waals surface area contributed by atoms with Gasteiger partial charge in [-0.3, -0.25) is 0 Å². The van der Waals surface area contributed by atoms with E-state index >= 15 is 0 Å². The van der Waals surface area contributed by atoms with Crippen molar-refractivity contribution in [3.8, 4) is 0 Å². The molecule has 0 aliphatic rings. The number of nitrogens with two attached hydrogens (primary N) is 2. The highest BCUT2D eigenvalue weighted by Gasteiger charge is 2.12. The summed E-state index contributed by atoms with van der Waals surface area (Å²) in [6, 6.07) is 9.76. The van der Waals surface area contributed by atoms with E-state index in [-0.39, 0.29) is 10.6 Å². The average Bonchev–Trinajstić information content (AvgIpc) is 2.32. The van der Waals surface area contributed by atoms with E-state index in [1.807, 2.05) is 0 Å². The van der Waals surface area contributed by atoms with Crippen molar-refractivity contribution in [2.45, 2.75) is 4.90 Å². The average molecular weight is 377 g/mol. The predicted octanol–water partition coefficient (Wildman–Crippen LogP) is 3.08. The topological polar surface area (TPSA) is 98.2 Å². The number of primary sulfonamides is 1. The van der Waals surface area contributed by atoms with E-state index in [4.69, 9.17) is 22.5 Å². The summed E-state index contributed by atoms with van der Waals surface area (Å²) < 4.78 is 23.3. The summed E-state index contributed by atoms with van der Waals surface area (Å²) in [5, 5.41) is 8.73. The molecular formula is C12H11BrClN3O2S. The predicted molar refractivity (Wildman–Crippen MR) is 84.7 cm³/mol. The van der Waals surface area contributed by atoms with Gasteiger partial charge in [0.15, 0.2) is 0 Å². The molecule has 0 unspecified atom stereocenters. The number of nitrogen functional groups attached to an aromatic ring is 1. The van der Waals surface area contributed by atoms with Crippen molar-refractivity contribution >= 4 is 54.6 Å². The maximum atomic E-state index is 11.3. The first-order valence-corrected chi connectivity index (χ1v) is 8.13. The van der Waals surface area contributed by atoms with Gasteiger partial charge in [-0.25, -0.2) is 13.6 Å². The Kier molecular flexibility index (Phi) is 4.24. The minimum atomic E-state index is -3.81. The van der Waals surface area contributed by atoms with Gasteiger partial charge in [0.2, 0.25) is 10.0 Å². The van der Waals surface area contributed by atoms with Crippen LogP contribution in [0.5, 0.6) is 0 Å². The van der Waals surface area contributed by atoms with Gasteiger partial charge in [-0.15, -0.1) is 0 Å². The zero-order valence-corrected chi connectivity index (χ0v) is 13.3. The fraction of sp³-hybridized carbons (Fsp3) is 0. The maximum absolute atomic E-state index is 11.3. The fourth-order valence-corrected chi connectivity index (χ4v) is 2.77. The number of benzene rings is 2. The van der Waals surface area contributed by atoms with E-state index in [1.165, 1.54) is 12.1 Å². The van der Waals surface area contributed by atoms with E-state index in [1.54, 1.807) is 24.3 Å². The monoisotopic (exact) mass is 375 g/mol. The lowest BCUT2D eigenvalue weighted by Gasteiger charge is -2.10. The lowest BCUT2D eigenvalue weighted by atomic mass is 10.2. The Morgan fingerprint density at radius 2 is 1.70 bits per heavy atom. The first-order valence-electron chi connectivity index (χ1n) is 5.42. The van der Waals surface area contributed by atoms with E-state index < -0.39 is 10.0 Å². The highest BCUT2D eigenvalue weighted by molar-refractivity contribution is 9.10. The van der Waals surface area contributed by atoms with Gasteiger partial charge in [-0.2, -0.15) is 0 Å². The Balaban J connectivity index is 2.31. The maximum Gasteiger partial charge on any atom is 0.240 e. The molecule has 0 aliphatic heterocycles. The molecule has 0 bridgehead atoms. The number of hydrogen-bond donors (Lipinski definition) is 3. The summed E-state index contributed by atoms with van der Waals surface area (Å²) in [4.78, 5) is -0.0969. The first-order chi connectivity index (χ1) is 9.27. The summed E-state index contributed by atoms with van der Waals surface area (Å²) >= 11 is 9.22. The Bertz CT molecular complexity index is 765. The van der Waals surface area contributed by atoms with Crippen LogP contribution in [0, 0.1) is 0 Å². The van der Waals surface area contributed by atoms with Crippen LogP contribution in [0.1, 0.15) is 0 Å². The van der Waals surface area contributed by atoms with Crippen LogP contribution in [-0.4, -0.2) is 8.42 Å². The van der Waals surface area contributed by atoms with Crippen LogP contribution in [0.4, 0.5) is 17.1 Å². The standard InChI is InChI=1S/C12H11BrClN3O2S/c13-9-5-7(1-3-10(9)14)17-8-2-4-12(11(15)6-8)20(16,18)19/h1-6,17H,15H2,(H2,16,18,19). The quantitative estimate of drug-likeness (QED) is 0.717. The van der Waals surface area contributed by atoms with Crippen molar-refractivity contribution in [2.75, 3.05) is 11.1 Å². The van der Waals surface area contributed by atoms with Gasteiger partial charge >= 0.3 is 0 Å². The van der Waals surface area contributed by atoms with Gasteiger partial charge in [0.25, 0.3) is 0 Å². The molecule has 2 rings (SSSR count). The van der Waals surface area contributed by atoms with Crippen molar-refractivity contribution in [1.82, 2.24) is 0 Å². The molecule has 2 aromatic carbocycles. The lowest BCUT2D eigenvalue weighted by molar-refractivity contribution is 0.598. The van der Waals surface area contributed by atoms with Crippen molar-refractivity contribution in [3.05, 3.63) is 45.9 Å². The molecular weight excluding hydrogens is 366 g/mol. The first kappa shape index (κ1) is 15.1. The molecule has 8 heteroatoms. The fourth-order valence-electron chi connectivity index (χ4n) is 1.63. The van der Waals surface area contributed by atoms with Crippen LogP contribution in [0.2, 0.25) is 5.02 Å². The molecule has 0 heterocycles. The summed E-state index contributed by atoms with van der Waals surface area (Å²) in [6.07, 6.45) is 0. The van der Waals surface area contributed by atoms with Crippen LogP contribution in [0.3, 0.4) is 0 Å². The largest absolute Gasteiger partial charge is 0.398 e. The van der Waals surface area contributed by atoms with Crippen molar-refractivity contribution in [1.29, 1.82) is 0 Å². The third-order valence-corrected chi connectivity index (χ3v) is 4.72. The number of sulfonamides is 1. The molecule has 5 N–H and O–H groups in total. The second kappa shape index (κ2) is 5.61. The van der Waals surface area contributed by atoms with Crippen LogP contribution < -0.4 is 16.2 Å². The number of hydrogen-bond acceptors (Lipinski definition) is 4. The third kappa shape index (κ3) is 3.43. The molecule has 0 saturated heterocycles. The van der Waals surface area contributed by atoms with E-state index in [0.717, 1.165) is 10.2 Å². The Labute approximate surface area is 130 Å². The van der Waals surface area contributed by atoms with Crippen molar-refractivity contribution < 1.29 is 8.42 Å². The second-order valence-electron chi connectivity index (χ2n) is 4.05. The molecule has 106 valence electrons. The van der Waals surface area contributed by atoms with Gasteiger partial charge in [0.1, 0.15) is 4.90 Å². The van der Waals surface area contributed by atoms with Gasteiger partial charge in [-0.1, -0.05) is 11.6 Å².